The molecule has 0 amide bonds. The molecule has 0 saturated carbocycles. The van der Waals surface area contributed by atoms with Gasteiger partial charge < -0.3 is 10.0 Å². The SMILES string of the molecule is OC(c1ccc(N2CCCC2)cc1)C(F)F. The van der Waals surface area contributed by atoms with Crippen LogP contribution in [0.4, 0.5) is 14.5 Å². The molecule has 16 heavy (non-hydrogen) atoms. The lowest BCUT2D eigenvalue weighted by Gasteiger charge is -2.18. The highest BCUT2D eigenvalue weighted by Gasteiger charge is 2.19. The highest BCUT2D eigenvalue weighted by Crippen LogP contribution is 2.25. The monoisotopic (exact) mass is 227 g/mol. The summed E-state index contributed by atoms with van der Waals surface area (Å²) in [5.41, 5.74) is 1.32. The second-order valence-electron chi connectivity index (χ2n) is 4.06. The van der Waals surface area contributed by atoms with Crippen LogP contribution in [-0.4, -0.2) is 24.6 Å². The Balaban J connectivity index is 2.09. The van der Waals surface area contributed by atoms with Crippen LogP contribution < -0.4 is 4.90 Å². The average Bonchev–Trinajstić information content (AvgIpc) is 2.81. The topological polar surface area (TPSA) is 23.5 Å². The van der Waals surface area contributed by atoms with Crippen molar-refractivity contribution in [1.29, 1.82) is 0 Å². The van der Waals surface area contributed by atoms with Crippen LogP contribution in [-0.2, 0) is 0 Å². The molecule has 1 aromatic rings. The molecule has 1 N–H and O–H groups in total. The third-order valence-corrected chi connectivity index (χ3v) is 2.94. The highest BCUT2D eigenvalue weighted by atomic mass is 19.3. The number of rotatable bonds is 3. The lowest BCUT2D eigenvalue weighted by molar-refractivity contribution is -0.00577. The minimum absolute atomic E-state index is 0.276. The second-order valence-corrected chi connectivity index (χ2v) is 4.06. The Morgan fingerprint density at radius 2 is 1.62 bits per heavy atom. The van der Waals surface area contributed by atoms with Crippen LogP contribution in [0, 0.1) is 0 Å². The molecular weight excluding hydrogens is 212 g/mol. The van der Waals surface area contributed by atoms with Gasteiger partial charge in [0.05, 0.1) is 0 Å². The van der Waals surface area contributed by atoms with E-state index in [1.807, 2.05) is 0 Å². The molecule has 0 radical (unpaired) electrons. The second kappa shape index (κ2) is 4.78. The summed E-state index contributed by atoms with van der Waals surface area (Å²) < 4.78 is 24.5. The van der Waals surface area contributed by atoms with Gasteiger partial charge in [-0.05, 0) is 30.5 Å². The van der Waals surface area contributed by atoms with E-state index in [4.69, 9.17) is 0 Å². The van der Waals surface area contributed by atoms with E-state index in [-0.39, 0.29) is 5.56 Å². The van der Waals surface area contributed by atoms with Gasteiger partial charge in [-0.1, -0.05) is 12.1 Å². The largest absolute Gasteiger partial charge is 0.382 e. The number of hydrogen-bond donors (Lipinski definition) is 1. The molecule has 2 rings (SSSR count). The van der Waals surface area contributed by atoms with Crippen molar-refractivity contribution in [3.05, 3.63) is 29.8 Å². The summed E-state index contributed by atoms with van der Waals surface area (Å²) in [6, 6.07) is 6.74. The molecule has 1 fully saturated rings. The van der Waals surface area contributed by atoms with Gasteiger partial charge in [0.15, 0.2) is 0 Å². The Hall–Kier alpha value is -1.16. The Kier molecular flexibility index (Phi) is 3.39. The number of aliphatic hydroxyl groups is 1. The molecule has 4 heteroatoms. The summed E-state index contributed by atoms with van der Waals surface area (Å²) >= 11 is 0. The zero-order chi connectivity index (χ0) is 11.5. The third-order valence-electron chi connectivity index (χ3n) is 2.94. The first kappa shape index (κ1) is 11.3. The van der Waals surface area contributed by atoms with Crippen molar-refractivity contribution < 1.29 is 13.9 Å². The molecule has 1 aliphatic heterocycles. The number of anilines is 1. The predicted octanol–water partition coefficient (Wildman–Crippen LogP) is 2.59. The van der Waals surface area contributed by atoms with Gasteiger partial charge in [-0.15, -0.1) is 0 Å². The molecule has 1 aromatic carbocycles. The Labute approximate surface area is 93.5 Å². The number of aliphatic hydroxyl groups excluding tert-OH is 1. The molecule has 1 aliphatic rings. The van der Waals surface area contributed by atoms with Crippen molar-refractivity contribution in [3.63, 3.8) is 0 Å². The summed E-state index contributed by atoms with van der Waals surface area (Å²) in [4.78, 5) is 2.22. The maximum absolute atomic E-state index is 12.3. The van der Waals surface area contributed by atoms with Crippen LogP contribution in [0.15, 0.2) is 24.3 Å². The van der Waals surface area contributed by atoms with Crippen molar-refractivity contribution in [1.82, 2.24) is 0 Å². The summed E-state index contributed by atoms with van der Waals surface area (Å²) in [5.74, 6) is 0. The molecule has 1 saturated heterocycles. The molecule has 0 bridgehead atoms. The van der Waals surface area contributed by atoms with E-state index >= 15 is 0 Å². The van der Waals surface area contributed by atoms with Gasteiger partial charge in [-0.2, -0.15) is 0 Å². The van der Waals surface area contributed by atoms with Crippen molar-refractivity contribution >= 4 is 5.69 Å². The molecule has 88 valence electrons. The summed E-state index contributed by atoms with van der Waals surface area (Å²) in [7, 11) is 0. The summed E-state index contributed by atoms with van der Waals surface area (Å²) in [6.45, 7) is 2.05. The lowest BCUT2D eigenvalue weighted by Crippen LogP contribution is -2.17. The van der Waals surface area contributed by atoms with E-state index < -0.39 is 12.5 Å². The normalized spacial score (nSPS) is 18.1. The zero-order valence-electron chi connectivity index (χ0n) is 8.94. The smallest absolute Gasteiger partial charge is 0.268 e. The van der Waals surface area contributed by atoms with Gasteiger partial charge in [0.25, 0.3) is 6.43 Å². The minimum atomic E-state index is -2.72. The maximum Gasteiger partial charge on any atom is 0.268 e. The van der Waals surface area contributed by atoms with Crippen LogP contribution in [0.25, 0.3) is 0 Å². The number of halogens is 2. The van der Waals surface area contributed by atoms with Gasteiger partial charge in [-0.25, -0.2) is 8.78 Å². The Morgan fingerprint density at radius 1 is 1.06 bits per heavy atom. The molecule has 1 atom stereocenters. The fourth-order valence-corrected chi connectivity index (χ4v) is 2.00. The average molecular weight is 227 g/mol. The number of hydrogen-bond acceptors (Lipinski definition) is 2. The van der Waals surface area contributed by atoms with E-state index in [0.717, 1.165) is 18.8 Å². The standard InChI is InChI=1S/C12H15F2NO/c13-12(14)11(16)9-3-5-10(6-4-9)15-7-1-2-8-15/h3-6,11-12,16H,1-2,7-8H2. The number of benzene rings is 1. The molecule has 1 heterocycles. The first-order chi connectivity index (χ1) is 7.68. The van der Waals surface area contributed by atoms with Crippen molar-refractivity contribution in [2.45, 2.75) is 25.4 Å². The number of alkyl halides is 2. The highest BCUT2D eigenvalue weighted by molar-refractivity contribution is 5.48. The van der Waals surface area contributed by atoms with Crippen LogP contribution >= 0.6 is 0 Å². The van der Waals surface area contributed by atoms with Crippen molar-refractivity contribution in [2.24, 2.45) is 0 Å². The van der Waals surface area contributed by atoms with E-state index in [0.29, 0.717) is 0 Å². The van der Waals surface area contributed by atoms with E-state index in [1.165, 1.54) is 12.8 Å². The minimum Gasteiger partial charge on any atom is -0.382 e. The first-order valence-corrected chi connectivity index (χ1v) is 5.49. The van der Waals surface area contributed by atoms with Crippen LogP contribution in [0.5, 0.6) is 0 Å². The first-order valence-electron chi connectivity index (χ1n) is 5.49. The van der Waals surface area contributed by atoms with Gasteiger partial charge in [-0.3, -0.25) is 0 Å². The van der Waals surface area contributed by atoms with Gasteiger partial charge in [0.1, 0.15) is 6.10 Å². The molecular formula is C12H15F2NO. The Morgan fingerprint density at radius 3 is 2.12 bits per heavy atom. The molecule has 0 spiro atoms. The van der Waals surface area contributed by atoms with Crippen LogP contribution in [0.3, 0.4) is 0 Å². The van der Waals surface area contributed by atoms with Crippen LogP contribution in [0.2, 0.25) is 0 Å². The van der Waals surface area contributed by atoms with Gasteiger partial charge in [0.2, 0.25) is 0 Å². The summed E-state index contributed by atoms with van der Waals surface area (Å²) in [6.07, 6.45) is -2.03. The van der Waals surface area contributed by atoms with E-state index in [1.54, 1.807) is 24.3 Å². The number of nitrogens with zero attached hydrogens (tertiary/aromatic N) is 1. The Bertz CT molecular complexity index is 312. The summed E-state index contributed by atoms with van der Waals surface area (Å²) in [5, 5.41) is 9.19. The van der Waals surface area contributed by atoms with Crippen LogP contribution in [0.1, 0.15) is 24.5 Å². The zero-order valence-corrected chi connectivity index (χ0v) is 8.94. The fraction of sp³-hybridized carbons (Fsp3) is 0.500. The third kappa shape index (κ3) is 2.32. The van der Waals surface area contributed by atoms with Gasteiger partial charge in [0, 0.05) is 18.8 Å². The molecule has 0 aliphatic carbocycles. The van der Waals surface area contributed by atoms with Crippen molar-refractivity contribution in [2.75, 3.05) is 18.0 Å². The van der Waals surface area contributed by atoms with Gasteiger partial charge >= 0.3 is 0 Å². The fourth-order valence-electron chi connectivity index (χ4n) is 2.00. The van der Waals surface area contributed by atoms with Crippen molar-refractivity contribution in [3.8, 4) is 0 Å². The maximum atomic E-state index is 12.3. The molecule has 2 nitrogen and oxygen atoms in total. The quantitative estimate of drug-likeness (QED) is 0.858. The molecule has 1 unspecified atom stereocenters. The van der Waals surface area contributed by atoms with E-state index in [2.05, 4.69) is 4.90 Å². The van der Waals surface area contributed by atoms with E-state index in [9.17, 15) is 13.9 Å². The lowest BCUT2D eigenvalue weighted by atomic mass is 10.1. The molecule has 0 aromatic heterocycles. The predicted molar refractivity (Wildman–Crippen MR) is 58.9 cm³/mol.